The molecule has 1 N–H and O–H groups in total. The SMILES string of the molecule is CCc1ncc2c(n1)CNC(C)C2. The Morgan fingerprint density at radius 2 is 2.46 bits per heavy atom. The predicted octanol–water partition coefficient (Wildman–Crippen LogP) is 1.07. The largest absolute Gasteiger partial charge is 0.308 e. The minimum atomic E-state index is 0.559. The first-order valence-electron chi connectivity index (χ1n) is 4.86. The van der Waals surface area contributed by atoms with Crippen LogP contribution in [0.2, 0.25) is 0 Å². The number of fused-ring (bicyclic) bond motifs is 1. The maximum Gasteiger partial charge on any atom is 0.128 e. The molecule has 3 nitrogen and oxygen atoms in total. The lowest BCUT2D eigenvalue weighted by atomic mass is 10.0. The van der Waals surface area contributed by atoms with Gasteiger partial charge >= 0.3 is 0 Å². The van der Waals surface area contributed by atoms with E-state index in [9.17, 15) is 0 Å². The summed E-state index contributed by atoms with van der Waals surface area (Å²) in [6.07, 6.45) is 3.96. The molecule has 3 heteroatoms. The molecule has 0 amide bonds. The monoisotopic (exact) mass is 177 g/mol. The zero-order valence-corrected chi connectivity index (χ0v) is 8.17. The molecule has 0 aromatic carbocycles. The molecule has 70 valence electrons. The highest BCUT2D eigenvalue weighted by atomic mass is 15.0. The lowest BCUT2D eigenvalue weighted by Gasteiger charge is -2.21. The summed E-state index contributed by atoms with van der Waals surface area (Å²) in [7, 11) is 0. The van der Waals surface area contributed by atoms with Crippen molar-refractivity contribution in [3.63, 3.8) is 0 Å². The molecule has 1 aliphatic rings. The van der Waals surface area contributed by atoms with E-state index in [2.05, 4.69) is 29.1 Å². The number of nitrogens with zero attached hydrogens (tertiary/aromatic N) is 2. The average molecular weight is 177 g/mol. The predicted molar refractivity (Wildman–Crippen MR) is 51.4 cm³/mol. The first-order valence-corrected chi connectivity index (χ1v) is 4.86. The zero-order chi connectivity index (χ0) is 9.26. The van der Waals surface area contributed by atoms with E-state index in [1.807, 2.05) is 6.20 Å². The normalized spacial score (nSPS) is 21.2. The fraction of sp³-hybridized carbons (Fsp3) is 0.600. The van der Waals surface area contributed by atoms with Crippen LogP contribution >= 0.6 is 0 Å². The second kappa shape index (κ2) is 3.42. The third-order valence-corrected chi connectivity index (χ3v) is 2.46. The van der Waals surface area contributed by atoms with Crippen LogP contribution in [-0.4, -0.2) is 16.0 Å². The van der Waals surface area contributed by atoms with Crippen molar-refractivity contribution in [2.24, 2.45) is 0 Å². The van der Waals surface area contributed by atoms with E-state index < -0.39 is 0 Å². The van der Waals surface area contributed by atoms with Gasteiger partial charge in [-0.2, -0.15) is 0 Å². The topological polar surface area (TPSA) is 37.8 Å². The van der Waals surface area contributed by atoms with Crippen molar-refractivity contribution >= 4 is 0 Å². The summed E-state index contributed by atoms with van der Waals surface area (Å²) in [6, 6.07) is 0.559. The van der Waals surface area contributed by atoms with Gasteiger partial charge in [0.2, 0.25) is 0 Å². The van der Waals surface area contributed by atoms with E-state index in [4.69, 9.17) is 0 Å². The second-order valence-corrected chi connectivity index (χ2v) is 3.60. The number of aromatic nitrogens is 2. The van der Waals surface area contributed by atoms with Gasteiger partial charge in [-0.3, -0.25) is 0 Å². The van der Waals surface area contributed by atoms with Crippen molar-refractivity contribution in [2.75, 3.05) is 0 Å². The molecule has 0 radical (unpaired) electrons. The molecule has 2 heterocycles. The first kappa shape index (κ1) is 8.63. The van der Waals surface area contributed by atoms with Gasteiger partial charge in [0, 0.05) is 25.2 Å². The van der Waals surface area contributed by atoms with Crippen LogP contribution < -0.4 is 5.32 Å². The molecule has 1 atom stereocenters. The summed E-state index contributed by atoms with van der Waals surface area (Å²) in [4.78, 5) is 8.80. The molecule has 0 bridgehead atoms. The van der Waals surface area contributed by atoms with Crippen LogP contribution in [0.4, 0.5) is 0 Å². The van der Waals surface area contributed by atoms with Crippen molar-refractivity contribution < 1.29 is 0 Å². The van der Waals surface area contributed by atoms with Crippen LogP contribution in [0.5, 0.6) is 0 Å². The standard InChI is InChI=1S/C10H15N3/c1-3-10-12-5-8-4-7(2)11-6-9(8)13-10/h5,7,11H,3-4,6H2,1-2H3. The summed E-state index contributed by atoms with van der Waals surface area (Å²) < 4.78 is 0. The van der Waals surface area contributed by atoms with Crippen LogP contribution in [0.25, 0.3) is 0 Å². The van der Waals surface area contributed by atoms with Crippen LogP contribution in [0.1, 0.15) is 30.9 Å². The van der Waals surface area contributed by atoms with Gasteiger partial charge in [-0.1, -0.05) is 6.92 Å². The molecular formula is C10H15N3. The van der Waals surface area contributed by atoms with Crippen LogP contribution in [-0.2, 0) is 19.4 Å². The Morgan fingerprint density at radius 3 is 3.23 bits per heavy atom. The smallest absolute Gasteiger partial charge is 0.128 e. The third kappa shape index (κ3) is 1.70. The average Bonchev–Trinajstić information content (AvgIpc) is 2.17. The zero-order valence-electron chi connectivity index (χ0n) is 8.17. The summed E-state index contributed by atoms with van der Waals surface area (Å²) in [5, 5.41) is 3.40. The first-order chi connectivity index (χ1) is 6.29. The lowest BCUT2D eigenvalue weighted by molar-refractivity contribution is 0.500. The Labute approximate surface area is 78.6 Å². The van der Waals surface area contributed by atoms with Gasteiger partial charge in [-0.15, -0.1) is 0 Å². The number of rotatable bonds is 1. The van der Waals surface area contributed by atoms with E-state index >= 15 is 0 Å². The maximum absolute atomic E-state index is 4.49. The maximum atomic E-state index is 4.49. The van der Waals surface area contributed by atoms with Crippen molar-refractivity contribution in [3.05, 3.63) is 23.3 Å². The minimum absolute atomic E-state index is 0.559. The van der Waals surface area contributed by atoms with Gasteiger partial charge in [-0.05, 0) is 18.9 Å². The number of hydrogen-bond donors (Lipinski definition) is 1. The minimum Gasteiger partial charge on any atom is -0.308 e. The second-order valence-electron chi connectivity index (χ2n) is 3.60. The number of aryl methyl sites for hydroxylation is 1. The van der Waals surface area contributed by atoms with Crippen molar-refractivity contribution in [3.8, 4) is 0 Å². The summed E-state index contributed by atoms with van der Waals surface area (Å²) in [5.41, 5.74) is 2.49. The molecule has 13 heavy (non-hydrogen) atoms. The highest BCUT2D eigenvalue weighted by Gasteiger charge is 2.15. The molecular weight excluding hydrogens is 162 g/mol. The Hall–Kier alpha value is -0.960. The van der Waals surface area contributed by atoms with Crippen LogP contribution in [0.15, 0.2) is 6.20 Å². The highest BCUT2D eigenvalue weighted by molar-refractivity contribution is 5.21. The molecule has 0 saturated heterocycles. The Kier molecular flexibility index (Phi) is 2.27. The van der Waals surface area contributed by atoms with E-state index in [-0.39, 0.29) is 0 Å². The van der Waals surface area contributed by atoms with Crippen LogP contribution in [0.3, 0.4) is 0 Å². The van der Waals surface area contributed by atoms with Crippen molar-refractivity contribution in [1.82, 2.24) is 15.3 Å². The Bertz CT molecular complexity index is 309. The molecule has 1 aromatic heterocycles. The van der Waals surface area contributed by atoms with Crippen molar-refractivity contribution in [1.29, 1.82) is 0 Å². The molecule has 0 fully saturated rings. The molecule has 2 rings (SSSR count). The Morgan fingerprint density at radius 1 is 1.62 bits per heavy atom. The lowest BCUT2D eigenvalue weighted by Crippen LogP contribution is -2.33. The van der Waals surface area contributed by atoms with Gasteiger partial charge in [0.1, 0.15) is 5.82 Å². The number of hydrogen-bond acceptors (Lipinski definition) is 3. The van der Waals surface area contributed by atoms with E-state index in [1.54, 1.807) is 0 Å². The quantitative estimate of drug-likeness (QED) is 0.697. The molecule has 1 unspecified atom stereocenters. The fourth-order valence-corrected chi connectivity index (χ4v) is 1.65. The molecule has 1 aliphatic heterocycles. The summed E-state index contributed by atoms with van der Waals surface area (Å²) in [6.45, 7) is 5.17. The van der Waals surface area contributed by atoms with E-state index in [0.29, 0.717) is 6.04 Å². The van der Waals surface area contributed by atoms with E-state index in [1.165, 1.54) is 11.3 Å². The Balaban J connectivity index is 2.31. The molecule has 0 spiro atoms. The van der Waals surface area contributed by atoms with Crippen LogP contribution in [0, 0.1) is 0 Å². The third-order valence-electron chi connectivity index (χ3n) is 2.46. The highest BCUT2D eigenvalue weighted by Crippen LogP contribution is 2.13. The van der Waals surface area contributed by atoms with Gasteiger partial charge in [0.15, 0.2) is 0 Å². The van der Waals surface area contributed by atoms with Gasteiger partial charge in [0.05, 0.1) is 5.69 Å². The molecule has 0 saturated carbocycles. The summed E-state index contributed by atoms with van der Waals surface area (Å²) >= 11 is 0. The summed E-state index contributed by atoms with van der Waals surface area (Å²) in [5.74, 6) is 0.954. The molecule has 0 aliphatic carbocycles. The van der Waals surface area contributed by atoms with Gasteiger partial charge < -0.3 is 5.32 Å². The van der Waals surface area contributed by atoms with E-state index in [0.717, 1.165) is 25.2 Å². The van der Waals surface area contributed by atoms with Crippen molar-refractivity contribution in [2.45, 2.75) is 39.3 Å². The fourth-order valence-electron chi connectivity index (χ4n) is 1.65. The molecule has 1 aromatic rings. The van der Waals surface area contributed by atoms with Gasteiger partial charge in [0.25, 0.3) is 0 Å². The number of nitrogens with one attached hydrogen (secondary N) is 1. The van der Waals surface area contributed by atoms with Gasteiger partial charge in [-0.25, -0.2) is 9.97 Å².